The van der Waals surface area contributed by atoms with Crippen LogP contribution in [0.15, 0.2) is 48.5 Å². The first kappa shape index (κ1) is 14.6. The summed E-state index contributed by atoms with van der Waals surface area (Å²) in [5.41, 5.74) is 3.87. The van der Waals surface area contributed by atoms with Crippen LogP contribution in [0, 0.1) is 5.41 Å². The molecule has 0 bridgehead atoms. The van der Waals surface area contributed by atoms with E-state index in [0.29, 0.717) is 0 Å². The average Bonchev–Trinajstić information content (AvgIpc) is 2.53. The van der Waals surface area contributed by atoms with Crippen molar-refractivity contribution < 1.29 is 4.79 Å². The molecular weight excluding hydrogens is 272 g/mol. The number of anilines is 2. The smallest absolute Gasteiger partial charge is 0.232 e. The van der Waals surface area contributed by atoms with E-state index in [9.17, 15) is 4.79 Å². The highest BCUT2D eigenvalue weighted by atomic mass is 16.2. The van der Waals surface area contributed by atoms with Crippen LogP contribution in [0.4, 0.5) is 11.4 Å². The van der Waals surface area contributed by atoms with E-state index in [-0.39, 0.29) is 11.9 Å². The Labute approximate surface area is 131 Å². The number of fused-ring (bicyclic) bond motifs is 1. The number of benzene rings is 2. The van der Waals surface area contributed by atoms with Crippen molar-refractivity contribution in [3.8, 4) is 0 Å². The summed E-state index contributed by atoms with van der Waals surface area (Å²) in [5.74, 6) is 0.0499. The van der Waals surface area contributed by atoms with E-state index in [2.05, 4.69) is 47.9 Å². The Bertz CT molecular complexity index is 689. The standard InChI is InChI=1S/C19H22N2O/c1-4-13-9-11-14(12-10-13)20-17-15-7-5-6-8-16(15)21-18(22)19(17,2)3/h5-12,17,20H,4H2,1-3H3,(H,21,22). The van der Waals surface area contributed by atoms with Gasteiger partial charge in [-0.2, -0.15) is 0 Å². The van der Waals surface area contributed by atoms with Crippen molar-refractivity contribution >= 4 is 17.3 Å². The summed E-state index contributed by atoms with van der Waals surface area (Å²) in [6.45, 7) is 6.11. The molecule has 0 radical (unpaired) electrons. The predicted octanol–water partition coefficient (Wildman–Crippen LogP) is 4.38. The predicted molar refractivity (Wildman–Crippen MR) is 91.0 cm³/mol. The lowest BCUT2D eigenvalue weighted by molar-refractivity contribution is -0.125. The molecule has 3 rings (SSSR count). The third kappa shape index (κ3) is 2.47. The minimum Gasteiger partial charge on any atom is -0.377 e. The number of hydrogen-bond acceptors (Lipinski definition) is 2. The van der Waals surface area contributed by atoms with Crippen molar-refractivity contribution in [2.75, 3.05) is 10.6 Å². The van der Waals surface area contributed by atoms with Gasteiger partial charge in [0.25, 0.3) is 0 Å². The lowest BCUT2D eigenvalue weighted by Crippen LogP contribution is -2.43. The van der Waals surface area contributed by atoms with E-state index in [1.807, 2.05) is 32.0 Å². The van der Waals surface area contributed by atoms with Gasteiger partial charge in [-0.25, -0.2) is 0 Å². The summed E-state index contributed by atoms with van der Waals surface area (Å²) in [6.07, 6.45) is 1.03. The van der Waals surface area contributed by atoms with Crippen LogP contribution >= 0.6 is 0 Å². The molecular formula is C19H22N2O. The first-order chi connectivity index (χ1) is 10.5. The van der Waals surface area contributed by atoms with E-state index in [4.69, 9.17) is 0 Å². The van der Waals surface area contributed by atoms with E-state index in [1.54, 1.807) is 0 Å². The molecule has 1 aliphatic rings. The van der Waals surface area contributed by atoms with Gasteiger partial charge in [-0.3, -0.25) is 4.79 Å². The zero-order chi connectivity index (χ0) is 15.7. The third-order valence-electron chi connectivity index (χ3n) is 4.50. The van der Waals surface area contributed by atoms with Gasteiger partial charge in [0.1, 0.15) is 0 Å². The van der Waals surface area contributed by atoms with Gasteiger partial charge in [0.05, 0.1) is 11.5 Å². The lowest BCUT2D eigenvalue weighted by Gasteiger charge is -2.39. The maximum absolute atomic E-state index is 12.4. The summed E-state index contributed by atoms with van der Waals surface area (Å²) in [4.78, 5) is 12.4. The summed E-state index contributed by atoms with van der Waals surface area (Å²) >= 11 is 0. The van der Waals surface area contributed by atoms with Crippen LogP contribution in [-0.2, 0) is 11.2 Å². The second kappa shape index (κ2) is 5.48. The second-order valence-electron chi connectivity index (χ2n) is 6.39. The molecule has 1 amide bonds. The largest absolute Gasteiger partial charge is 0.377 e. The Hall–Kier alpha value is -2.29. The lowest BCUT2D eigenvalue weighted by atomic mass is 9.76. The highest BCUT2D eigenvalue weighted by Crippen LogP contribution is 2.43. The maximum Gasteiger partial charge on any atom is 0.232 e. The highest BCUT2D eigenvalue weighted by Gasteiger charge is 2.42. The first-order valence-corrected chi connectivity index (χ1v) is 7.78. The maximum atomic E-state index is 12.4. The number of rotatable bonds is 3. The van der Waals surface area contributed by atoms with Crippen LogP contribution in [0.2, 0.25) is 0 Å². The first-order valence-electron chi connectivity index (χ1n) is 7.78. The van der Waals surface area contributed by atoms with Crippen LogP contribution in [0.5, 0.6) is 0 Å². The molecule has 0 saturated carbocycles. The Morgan fingerprint density at radius 3 is 2.45 bits per heavy atom. The SMILES string of the molecule is CCc1ccc(NC2c3ccccc3NC(=O)C2(C)C)cc1. The number of para-hydroxylation sites is 1. The molecule has 22 heavy (non-hydrogen) atoms. The van der Waals surface area contributed by atoms with Gasteiger partial charge in [-0.1, -0.05) is 37.3 Å². The summed E-state index contributed by atoms with van der Waals surface area (Å²) in [6, 6.07) is 16.4. The highest BCUT2D eigenvalue weighted by molar-refractivity contribution is 5.99. The van der Waals surface area contributed by atoms with Gasteiger partial charge in [0.15, 0.2) is 0 Å². The van der Waals surface area contributed by atoms with Crippen LogP contribution in [0.25, 0.3) is 0 Å². The molecule has 1 aliphatic heterocycles. The minimum atomic E-state index is -0.516. The zero-order valence-electron chi connectivity index (χ0n) is 13.3. The van der Waals surface area contributed by atoms with Crippen molar-refractivity contribution in [2.45, 2.75) is 33.2 Å². The number of aryl methyl sites for hydroxylation is 1. The van der Waals surface area contributed by atoms with Gasteiger partial charge < -0.3 is 10.6 Å². The minimum absolute atomic E-state index is 0.0499. The summed E-state index contributed by atoms with van der Waals surface area (Å²) < 4.78 is 0. The van der Waals surface area contributed by atoms with Crippen molar-refractivity contribution in [3.63, 3.8) is 0 Å². The number of carbonyl (C=O) groups excluding carboxylic acids is 1. The molecule has 1 heterocycles. The van der Waals surface area contributed by atoms with Crippen molar-refractivity contribution in [1.29, 1.82) is 0 Å². The molecule has 3 heteroatoms. The molecule has 0 spiro atoms. The van der Waals surface area contributed by atoms with E-state index >= 15 is 0 Å². The molecule has 0 fully saturated rings. The molecule has 2 N–H and O–H groups in total. The average molecular weight is 294 g/mol. The molecule has 0 saturated heterocycles. The van der Waals surface area contributed by atoms with Gasteiger partial charge in [-0.05, 0) is 49.6 Å². The van der Waals surface area contributed by atoms with Crippen molar-refractivity contribution in [2.24, 2.45) is 5.41 Å². The molecule has 3 nitrogen and oxygen atoms in total. The topological polar surface area (TPSA) is 41.1 Å². The van der Waals surface area contributed by atoms with Gasteiger partial charge in [-0.15, -0.1) is 0 Å². The molecule has 114 valence electrons. The van der Waals surface area contributed by atoms with Gasteiger partial charge >= 0.3 is 0 Å². The Balaban J connectivity index is 1.97. The molecule has 2 aromatic rings. The van der Waals surface area contributed by atoms with Crippen LogP contribution in [0.1, 0.15) is 37.9 Å². The number of nitrogens with one attached hydrogen (secondary N) is 2. The monoisotopic (exact) mass is 294 g/mol. The number of carbonyl (C=O) groups is 1. The molecule has 1 unspecified atom stereocenters. The molecule has 0 aromatic heterocycles. The molecule has 2 aromatic carbocycles. The molecule has 0 aliphatic carbocycles. The second-order valence-corrected chi connectivity index (χ2v) is 6.39. The number of amides is 1. The summed E-state index contributed by atoms with van der Waals surface area (Å²) in [7, 11) is 0. The Kier molecular flexibility index (Phi) is 3.65. The van der Waals surface area contributed by atoms with E-state index < -0.39 is 5.41 Å². The fraction of sp³-hybridized carbons (Fsp3) is 0.316. The summed E-state index contributed by atoms with van der Waals surface area (Å²) in [5, 5.41) is 6.55. The van der Waals surface area contributed by atoms with Crippen molar-refractivity contribution in [3.05, 3.63) is 59.7 Å². The molecule has 1 atom stereocenters. The Morgan fingerprint density at radius 1 is 1.09 bits per heavy atom. The van der Waals surface area contributed by atoms with E-state index in [1.165, 1.54) is 5.56 Å². The van der Waals surface area contributed by atoms with Gasteiger partial charge in [0.2, 0.25) is 5.91 Å². The fourth-order valence-electron chi connectivity index (χ4n) is 2.93. The van der Waals surface area contributed by atoms with Crippen LogP contribution < -0.4 is 10.6 Å². The van der Waals surface area contributed by atoms with Crippen LogP contribution in [0.3, 0.4) is 0 Å². The van der Waals surface area contributed by atoms with Gasteiger partial charge in [0, 0.05) is 11.4 Å². The number of hydrogen-bond donors (Lipinski definition) is 2. The van der Waals surface area contributed by atoms with Crippen LogP contribution in [-0.4, -0.2) is 5.91 Å². The fourth-order valence-corrected chi connectivity index (χ4v) is 2.93. The quantitative estimate of drug-likeness (QED) is 0.882. The normalized spacial score (nSPS) is 19.2. The Morgan fingerprint density at radius 2 is 1.77 bits per heavy atom. The van der Waals surface area contributed by atoms with E-state index in [0.717, 1.165) is 23.4 Å². The zero-order valence-corrected chi connectivity index (χ0v) is 13.3. The van der Waals surface area contributed by atoms with Crippen molar-refractivity contribution in [1.82, 2.24) is 0 Å². The third-order valence-corrected chi connectivity index (χ3v) is 4.50.